The number of aliphatic carboxylic acids is 2. The second-order valence-corrected chi connectivity index (χ2v) is 10.3. The van der Waals surface area contributed by atoms with Gasteiger partial charge in [-0.25, -0.2) is 0 Å². The lowest BCUT2D eigenvalue weighted by Gasteiger charge is -2.18. The summed E-state index contributed by atoms with van der Waals surface area (Å²) in [4.78, 5) is 19.5. The fourth-order valence-corrected chi connectivity index (χ4v) is 4.66. The summed E-state index contributed by atoms with van der Waals surface area (Å²) in [5.74, 6) is 0.190. The molecule has 1 aromatic rings. The van der Waals surface area contributed by atoms with Crippen LogP contribution in [-0.2, 0) is 27.2 Å². The lowest BCUT2D eigenvalue weighted by atomic mass is 10.1. The molecule has 2 N–H and O–H groups in total. The molecule has 0 spiro atoms. The summed E-state index contributed by atoms with van der Waals surface area (Å²) in [5, 5.41) is 16.2. The van der Waals surface area contributed by atoms with E-state index in [1.165, 1.54) is 37.7 Å². The second kappa shape index (κ2) is 16.1. The number of benzene rings is 1. The van der Waals surface area contributed by atoms with E-state index in [1.807, 2.05) is 18.2 Å². The largest absolute Gasteiger partial charge is 0.616 e. The molecule has 2 atom stereocenters. The third-order valence-corrected chi connectivity index (χ3v) is 7.22. The number of fused-ring (bicyclic) bond motifs is 1. The zero-order valence-corrected chi connectivity index (χ0v) is 20.0. The number of carboxylic acid groups (broad SMARTS) is 2. The maximum absolute atomic E-state index is 12.3. The molecule has 31 heavy (non-hydrogen) atoms. The van der Waals surface area contributed by atoms with Crippen molar-refractivity contribution in [2.75, 3.05) is 24.1 Å². The van der Waals surface area contributed by atoms with Gasteiger partial charge in [0.15, 0.2) is 11.5 Å². The van der Waals surface area contributed by atoms with Crippen molar-refractivity contribution in [2.45, 2.75) is 64.0 Å². The van der Waals surface area contributed by atoms with E-state index in [4.69, 9.17) is 19.7 Å². The molecule has 7 nitrogen and oxygen atoms in total. The van der Waals surface area contributed by atoms with Crippen molar-refractivity contribution in [3.8, 4) is 11.5 Å². The molecule has 176 valence electrons. The Bertz CT molecular complexity index is 655. The number of carboxylic acids is 2. The Labute approximate surface area is 192 Å². The van der Waals surface area contributed by atoms with Gasteiger partial charge in [0.25, 0.3) is 0 Å². The van der Waals surface area contributed by atoms with Crippen molar-refractivity contribution in [3.05, 3.63) is 23.8 Å². The fraction of sp³-hybridized carbons (Fsp3) is 0.636. The summed E-state index contributed by atoms with van der Waals surface area (Å²) in [6.45, 7) is 4.61. The smallest absolute Gasteiger partial charge is 0.313 e. The van der Waals surface area contributed by atoms with Crippen molar-refractivity contribution < 1.29 is 33.8 Å². The number of rotatable bonds is 14. The molecular formula is C22H34O7S2. The lowest BCUT2D eigenvalue weighted by Crippen LogP contribution is -2.23. The highest BCUT2D eigenvalue weighted by Crippen LogP contribution is 2.33. The number of ether oxygens (including phenoxy) is 2. The highest BCUT2D eigenvalue weighted by Gasteiger charge is 2.19. The third-order valence-electron chi connectivity index (χ3n) is 4.56. The molecule has 1 aromatic carbocycles. The summed E-state index contributed by atoms with van der Waals surface area (Å²) in [7, 11) is 0. The van der Waals surface area contributed by atoms with E-state index in [0.717, 1.165) is 41.9 Å². The van der Waals surface area contributed by atoms with Gasteiger partial charge < -0.3 is 24.2 Å². The van der Waals surface area contributed by atoms with Gasteiger partial charge in [0.05, 0.1) is 11.5 Å². The van der Waals surface area contributed by atoms with Gasteiger partial charge >= 0.3 is 11.9 Å². The molecule has 1 aliphatic heterocycles. The van der Waals surface area contributed by atoms with E-state index >= 15 is 0 Å². The summed E-state index contributed by atoms with van der Waals surface area (Å²) in [6, 6.07) is 6.01. The average molecular weight is 475 g/mol. The van der Waals surface area contributed by atoms with Gasteiger partial charge in [-0.1, -0.05) is 49.8 Å². The van der Waals surface area contributed by atoms with Crippen LogP contribution in [0.15, 0.2) is 18.2 Å². The highest BCUT2D eigenvalue weighted by molar-refractivity contribution is 8.00. The van der Waals surface area contributed by atoms with Crippen molar-refractivity contribution in [3.63, 3.8) is 0 Å². The molecule has 2 unspecified atom stereocenters. The minimum absolute atomic E-state index is 0.147. The standard InChI is InChI=1S/C18H28O3S.C4H6O4S/c1-3-4-5-6-7-8-11-22(19)15(2)12-16-9-10-17-18(13-16)21-14-20-17;5-3(6)1-9-2-4(7)8/h9-10,13,15H,3-8,11-12,14H2,1-2H3;1-2H2,(H,5,6)(H,7,8). The number of hydrogen-bond donors (Lipinski definition) is 2. The molecule has 0 bridgehead atoms. The molecule has 0 aliphatic carbocycles. The van der Waals surface area contributed by atoms with Gasteiger partial charge in [-0.05, 0) is 37.5 Å². The summed E-state index contributed by atoms with van der Waals surface area (Å²) < 4.78 is 23.0. The van der Waals surface area contributed by atoms with Crippen molar-refractivity contribution in [1.82, 2.24) is 0 Å². The lowest BCUT2D eigenvalue weighted by molar-refractivity contribution is -0.134. The first kappa shape index (κ1) is 27.5. The Hall–Kier alpha value is -1.58. The number of unbranched alkanes of at least 4 members (excludes halogenated alkanes) is 5. The summed E-state index contributed by atoms with van der Waals surface area (Å²) in [5.41, 5.74) is 1.17. The highest BCUT2D eigenvalue weighted by atomic mass is 32.2. The molecule has 0 saturated carbocycles. The van der Waals surface area contributed by atoms with Gasteiger partial charge in [-0.2, -0.15) is 0 Å². The minimum Gasteiger partial charge on any atom is -0.616 e. The predicted molar refractivity (Wildman–Crippen MR) is 125 cm³/mol. The SMILES string of the molecule is CCCCCCCC[S+]([O-])C(C)Cc1ccc2c(c1)OCO2.O=C(O)CSCC(=O)O. The summed E-state index contributed by atoms with van der Waals surface area (Å²) in [6.07, 6.45) is 8.32. The van der Waals surface area contributed by atoms with Crippen LogP contribution in [0.5, 0.6) is 11.5 Å². The van der Waals surface area contributed by atoms with Crippen LogP contribution < -0.4 is 9.47 Å². The summed E-state index contributed by atoms with van der Waals surface area (Å²) >= 11 is 0.128. The zero-order chi connectivity index (χ0) is 23.1. The van der Waals surface area contributed by atoms with E-state index in [1.54, 1.807) is 0 Å². The van der Waals surface area contributed by atoms with Crippen LogP contribution in [0.3, 0.4) is 0 Å². The van der Waals surface area contributed by atoms with Crippen LogP contribution in [-0.4, -0.2) is 56.0 Å². The van der Waals surface area contributed by atoms with Gasteiger partial charge in [0, 0.05) is 6.42 Å². The van der Waals surface area contributed by atoms with Gasteiger partial charge in [0.2, 0.25) is 6.79 Å². The Morgan fingerprint density at radius 3 is 2.32 bits per heavy atom. The van der Waals surface area contributed by atoms with E-state index in [9.17, 15) is 14.1 Å². The topological polar surface area (TPSA) is 116 Å². The van der Waals surface area contributed by atoms with Crippen LogP contribution in [0.4, 0.5) is 0 Å². The monoisotopic (exact) mass is 474 g/mol. The Morgan fingerprint density at radius 1 is 1.06 bits per heavy atom. The molecule has 9 heteroatoms. The molecule has 1 heterocycles. The molecule has 0 amide bonds. The molecule has 0 fully saturated rings. The molecule has 0 aromatic heterocycles. The van der Waals surface area contributed by atoms with Gasteiger partial charge in [0.1, 0.15) is 11.0 Å². The van der Waals surface area contributed by atoms with E-state index < -0.39 is 23.1 Å². The van der Waals surface area contributed by atoms with Crippen LogP contribution in [0, 0.1) is 0 Å². The van der Waals surface area contributed by atoms with Gasteiger partial charge in [-0.15, -0.1) is 11.8 Å². The first-order valence-corrected chi connectivity index (χ1v) is 13.1. The Balaban J connectivity index is 0.000000452. The van der Waals surface area contributed by atoms with Crippen molar-refractivity contribution in [1.29, 1.82) is 0 Å². The molecule has 1 aliphatic rings. The predicted octanol–water partition coefficient (Wildman–Crippen LogP) is 4.34. The fourth-order valence-electron chi connectivity index (χ4n) is 2.94. The van der Waals surface area contributed by atoms with Crippen LogP contribution in [0.1, 0.15) is 57.9 Å². The minimum atomic E-state index is -0.985. The van der Waals surface area contributed by atoms with Crippen molar-refractivity contribution >= 4 is 34.9 Å². The number of hydrogen-bond acceptors (Lipinski definition) is 6. The molecule has 0 saturated heterocycles. The number of carbonyl (C=O) groups is 2. The average Bonchev–Trinajstić information content (AvgIpc) is 3.18. The Morgan fingerprint density at radius 2 is 1.68 bits per heavy atom. The third kappa shape index (κ3) is 12.8. The molecule has 2 rings (SSSR count). The first-order chi connectivity index (χ1) is 14.8. The molecule has 0 radical (unpaired) electrons. The number of thioether (sulfide) groups is 1. The van der Waals surface area contributed by atoms with Gasteiger partial charge in [-0.3, -0.25) is 9.59 Å². The normalized spacial score (nSPS) is 13.8. The Kier molecular flexibility index (Phi) is 14.3. The maximum Gasteiger partial charge on any atom is 0.313 e. The van der Waals surface area contributed by atoms with E-state index in [-0.39, 0.29) is 16.8 Å². The van der Waals surface area contributed by atoms with Crippen LogP contribution >= 0.6 is 11.8 Å². The zero-order valence-electron chi connectivity index (χ0n) is 18.3. The van der Waals surface area contributed by atoms with E-state index in [2.05, 4.69) is 13.8 Å². The van der Waals surface area contributed by atoms with E-state index in [0.29, 0.717) is 6.79 Å². The van der Waals surface area contributed by atoms with Crippen molar-refractivity contribution in [2.24, 2.45) is 0 Å². The second-order valence-electron chi connectivity index (χ2n) is 7.34. The van der Waals surface area contributed by atoms with Crippen LogP contribution in [0.2, 0.25) is 0 Å². The quantitative estimate of drug-likeness (QED) is 0.302. The van der Waals surface area contributed by atoms with Crippen LogP contribution in [0.25, 0.3) is 0 Å². The molecular weight excluding hydrogens is 440 g/mol. The first-order valence-electron chi connectivity index (χ1n) is 10.6. The maximum atomic E-state index is 12.3.